The van der Waals surface area contributed by atoms with E-state index >= 15 is 0 Å². The van der Waals surface area contributed by atoms with Crippen LogP contribution in [-0.4, -0.2) is 31.2 Å². The van der Waals surface area contributed by atoms with Crippen LogP contribution in [0.1, 0.15) is 44.1 Å². The first-order chi connectivity index (χ1) is 13.9. The molecule has 2 aromatic rings. The van der Waals surface area contributed by atoms with Crippen LogP contribution in [0.2, 0.25) is 0 Å². The van der Waals surface area contributed by atoms with Gasteiger partial charge in [0.25, 0.3) is 0 Å². The number of carbonyl (C=O) groups excluding carboxylic acids is 1. The zero-order valence-electron chi connectivity index (χ0n) is 16.4. The maximum Gasteiger partial charge on any atom is 0.243 e. The fourth-order valence-corrected chi connectivity index (χ4v) is 5.27. The number of benzene rings is 2. The standard InChI is InChI=1S/C22H27BrN2O3S/c23-19-12-14-21(15-13-19)29(27,28)25(16-18-8-4-3-5-9-18)17-22(26)24-20-10-6-1-2-7-11-20/h3-5,8-9,12-15,20H,1-2,6-7,10-11,16-17H2,(H,24,26). The molecule has 0 spiro atoms. The zero-order valence-corrected chi connectivity index (χ0v) is 18.8. The van der Waals surface area contributed by atoms with Crippen molar-refractivity contribution in [1.29, 1.82) is 0 Å². The van der Waals surface area contributed by atoms with Crippen LogP contribution in [0.5, 0.6) is 0 Å². The molecule has 1 aliphatic carbocycles. The Labute approximate surface area is 181 Å². The molecule has 3 rings (SSSR count). The van der Waals surface area contributed by atoms with Crippen LogP contribution in [0.25, 0.3) is 0 Å². The van der Waals surface area contributed by atoms with E-state index < -0.39 is 10.0 Å². The molecule has 0 bridgehead atoms. The third kappa shape index (κ3) is 6.39. The van der Waals surface area contributed by atoms with E-state index in [4.69, 9.17) is 0 Å². The summed E-state index contributed by atoms with van der Waals surface area (Å²) < 4.78 is 28.6. The van der Waals surface area contributed by atoms with Gasteiger partial charge < -0.3 is 5.32 Å². The highest BCUT2D eigenvalue weighted by atomic mass is 79.9. The van der Waals surface area contributed by atoms with Gasteiger partial charge in [0, 0.05) is 17.1 Å². The lowest BCUT2D eigenvalue weighted by atomic mass is 10.1. The van der Waals surface area contributed by atoms with Gasteiger partial charge in [-0.15, -0.1) is 0 Å². The summed E-state index contributed by atoms with van der Waals surface area (Å²) in [6.45, 7) is -0.0406. The number of hydrogen-bond donors (Lipinski definition) is 1. The van der Waals surface area contributed by atoms with E-state index in [-0.39, 0.29) is 29.9 Å². The first-order valence-electron chi connectivity index (χ1n) is 10.0. The second kappa shape index (κ2) is 10.4. The molecule has 0 aliphatic heterocycles. The van der Waals surface area contributed by atoms with Crippen LogP contribution in [0.3, 0.4) is 0 Å². The number of sulfonamides is 1. The van der Waals surface area contributed by atoms with Crippen molar-refractivity contribution < 1.29 is 13.2 Å². The van der Waals surface area contributed by atoms with Gasteiger partial charge in [-0.05, 0) is 42.7 Å². The molecule has 0 unspecified atom stereocenters. The Hall–Kier alpha value is -1.70. The Balaban J connectivity index is 1.78. The smallest absolute Gasteiger partial charge is 0.243 e. The van der Waals surface area contributed by atoms with Crippen molar-refractivity contribution in [2.24, 2.45) is 0 Å². The van der Waals surface area contributed by atoms with Gasteiger partial charge in [0.2, 0.25) is 15.9 Å². The van der Waals surface area contributed by atoms with Gasteiger partial charge >= 0.3 is 0 Å². The zero-order chi connectivity index (χ0) is 20.7. The molecule has 1 aliphatic rings. The van der Waals surface area contributed by atoms with Gasteiger partial charge in [0.15, 0.2) is 0 Å². The molecule has 0 saturated heterocycles. The molecule has 0 radical (unpaired) electrons. The molecule has 1 N–H and O–H groups in total. The highest BCUT2D eigenvalue weighted by Gasteiger charge is 2.27. The Morgan fingerprint density at radius 2 is 1.59 bits per heavy atom. The van der Waals surface area contributed by atoms with Crippen molar-refractivity contribution in [1.82, 2.24) is 9.62 Å². The molecule has 1 amide bonds. The maximum absolute atomic E-state index is 13.3. The summed E-state index contributed by atoms with van der Waals surface area (Å²) in [6.07, 6.45) is 6.54. The van der Waals surface area contributed by atoms with Crippen molar-refractivity contribution >= 4 is 31.9 Å². The average Bonchev–Trinajstić information content (AvgIpc) is 2.97. The average molecular weight is 479 g/mol. The first-order valence-corrected chi connectivity index (χ1v) is 12.3. The largest absolute Gasteiger partial charge is 0.352 e. The van der Waals surface area contributed by atoms with Gasteiger partial charge in [0.1, 0.15) is 0 Å². The lowest BCUT2D eigenvalue weighted by molar-refractivity contribution is -0.122. The molecule has 29 heavy (non-hydrogen) atoms. The summed E-state index contributed by atoms with van der Waals surface area (Å²) in [7, 11) is -3.81. The molecule has 0 aromatic heterocycles. The van der Waals surface area contributed by atoms with E-state index in [0.29, 0.717) is 0 Å². The summed E-state index contributed by atoms with van der Waals surface area (Å²) in [4.78, 5) is 12.9. The van der Waals surface area contributed by atoms with Gasteiger partial charge in [-0.1, -0.05) is 71.9 Å². The maximum atomic E-state index is 13.3. The van der Waals surface area contributed by atoms with E-state index in [1.165, 1.54) is 17.1 Å². The predicted octanol–water partition coefficient (Wildman–Crippen LogP) is 4.48. The first kappa shape index (κ1) is 22.0. The van der Waals surface area contributed by atoms with Crippen LogP contribution < -0.4 is 5.32 Å². The van der Waals surface area contributed by atoms with E-state index in [1.807, 2.05) is 30.3 Å². The monoisotopic (exact) mass is 478 g/mol. The third-order valence-electron chi connectivity index (χ3n) is 5.19. The van der Waals surface area contributed by atoms with E-state index in [0.717, 1.165) is 35.7 Å². The minimum Gasteiger partial charge on any atom is -0.352 e. The van der Waals surface area contributed by atoms with Crippen molar-refractivity contribution in [2.45, 2.75) is 56.0 Å². The lowest BCUT2D eigenvalue weighted by Crippen LogP contribution is -2.43. The van der Waals surface area contributed by atoms with Crippen LogP contribution in [0, 0.1) is 0 Å². The number of hydrogen-bond acceptors (Lipinski definition) is 3. The molecule has 2 aromatic carbocycles. The Kier molecular flexibility index (Phi) is 7.86. The quantitative estimate of drug-likeness (QED) is 0.596. The number of amides is 1. The van der Waals surface area contributed by atoms with Crippen LogP contribution in [-0.2, 0) is 21.4 Å². The van der Waals surface area contributed by atoms with Gasteiger partial charge in [-0.2, -0.15) is 4.31 Å². The molecule has 7 heteroatoms. The molecule has 0 heterocycles. The minimum absolute atomic E-state index is 0.138. The lowest BCUT2D eigenvalue weighted by Gasteiger charge is -2.24. The number of halogens is 1. The third-order valence-corrected chi connectivity index (χ3v) is 7.53. The Bertz CT molecular complexity index is 893. The number of nitrogens with zero attached hydrogens (tertiary/aromatic N) is 1. The van der Waals surface area contributed by atoms with Crippen molar-refractivity contribution in [3.63, 3.8) is 0 Å². The number of carbonyl (C=O) groups is 1. The predicted molar refractivity (Wildman–Crippen MR) is 118 cm³/mol. The van der Waals surface area contributed by atoms with Crippen LogP contribution >= 0.6 is 15.9 Å². The molecule has 5 nitrogen and oxygen atoms in total. The summed E-state index contributed by atoms with van der Waals surface area (Å²) in [5.74, 6) is -0.242. The Morgan fingerprint density at radius 3 is 2.21 bits per heavy atom. The molecule has 0 atom stereocenters. The molecule has 156 valence electrons. The van der Waals surface area contributed by atoms with Crippen molar-refractivity contribution in [3.8, 4) is 0 Å². The van der Waals surface area contributed by atoms with Crippen LogP contribution in [0.15, 0.2) is 64.0 Å². The van der Waals surface area contributed by atoms with Gasteiger partial charge in [0.05, 0.1) is 11.4 Å². The molecular formula is C22H27BrN2O3S. The normalized spacial score (nSPS) is 15.8. The van der Waals surface area contributed by atoms with Crippen molar-refractivity contribution in [2.75, 3.05) is 6.54 Å². The number of nitrogens with one attached hydrogen (secondary N) is 1. The summed E-state index contributed by atoms with van der Waals surface area (Å²) >= 11 is 3.33. The van der Waals surface area contributed by atoms with E-state index in [2.05, 4.69) is 21.2 Å². The van der Waals surface area contributed by atoms with Crippen LogP contribution in [0.4, 0.5) is 0 Å². The van der Waals surface area contributed by atoms with E-state index in [9.17, 15) is 13.2 Å². The Morgan fingerprint density at radius 1 is 0.966 bits per heavy atom. The SMILES string of the molecule is O=C(CN(Cc1ccccc1)S(=O)(=O)c1ccc(Br)cc1)NC1CCCCCC1. The summed E-state index contributed by atoms with van der Waals surface area (Å²) in [5.41, 5.74) is 0.843. The fourth-order valence-electron chi connectivity index (χ4n) is 3.63. The number of rotatable bonds is 7. The molecule has 1 fully saturated rings. The highest BCUT2D eigenvalue weighted by molar-refractivity contribution is 9.10. The molecular weight excluding hydrogens is 452 g/mol. The summed E-state index contributed by atoms with van der Waals surface area (Å²) in [6, 6.07) is 16.0. The summed E-state index contributed by atoms with van der Waals surface area (Å²) in [5, 5.41) is 3.06. The van der Waals surface area contributed by atoms with Gasteiger partial charge in [-0.3, -0.25) is 4.79 Å². The fraction of sp³-hybridized carbons (Fsp3) is 0.409. The highest BCUT2D eigenvalue weighted by Crippen LogP contribution is 2.21. The van der Waals surface area contributed by atoms with Crippen molar-refractivity contribution in [3.05, 3.63) is 64.6 Å². The second-order valence-electron chi connectivity index (χ2n) is 7.47. The molecule has 1 saturated carbocycles. The minimum atomic E-state index is -3.81. The van der Waals surface area contributed by atoms with Gasteiger partial charge in [-0.25, -0.2) is 8.42 Å². The second-order valence-corrected chi connectivity index (χ2v) is 10.3. The topological polar surface area (TPSA) is 66.5 Å². The van der Waals surface area contributed by atoms with E-state index in [1.54, 1.807) is 24.3 Å².